The summed E-state index contributed by atoms with van der Waals surface area (Å²) in [5, 5.41) is 14.8. The second kappa shape index (κ2) is 9.40. The maximum atomic E-state index is 11.7. The maximum absolute atomic E-state index is 11.7. The first-order valence-electron chi connectivity index (χ1n) is 10.2. The fourth-order valence-electron chi connectivity index (χ4n) is 3.67. The predicted octanol–water partition coefficient (Wildman–Crippen LogP) is 2.90. The van der Waals surface area contributed by atoms with Gasteiger partial charge >= 0.3 is 5.69 Å². The van der Waals surface area contributed by atoms with Crippen molar-refractivity contribution in [3.05, 3.63) is 81.9 Å². The Morgan fingerprint density at radius 2 is 1.55 bits per heavy atom. The molecule has 9 nitrogen and oxygen atoms in total. The van der Waals surface area contributed by atoms with Crippen LogP contribution in [0.1, 0.15) is 11.1 Å². The van der Waals surface area contributed by atoms with Crippen LogP contribution in [0.2, 0.25) is 0 Å². The Morgan fingerprint density at radius 3 is 2.16 bits per heavy atom. The highest BCUT2D eigenvalue weighted by atomic mass is 16.6. The summed E-state index contributed by atoms with van der Waals surface area (Å²) in [4.78, 5) is 24.0. The van der Waals surface area contributed by atoms with E-state index >= 15 is 0 Å². The first-order chi connectivity index (χ1) is 15.1. The van der Waals surface area contributed by atoms with E-state index in [1.54, 1.807) is 0 Å². The molecule has 1 aliphatic heterocycles. The van der Waals surface area contributed by atoms with Crippen LogP contribution in [0.25, 0.3) is 0 Å². The monoisotopic (exact) mass is 419 g/mol. The molecule has 4 rings (SSSR count). The first-order valence-corrected chi connectivity index (χ1v) is 10.2. The van der Waals surface area contributed by atoms with E-state index in [9.17, 15) is 10.1 Å². The molecule has 0 bridgehead atoms. The third kappa shape index (κ3) is 5.07. The van der Waals surface area contributed by atoms with E-state index in [0.29, 0.717) is 19.6 Å². The SMILES string of the molecule is Nc1nc(NCc2ccccc2)nc(N2CCN(Cc3ccccc3)CC2)c1[N+](=O)[O-]. The van der Waals surface area contributed by atoms with Gasteiger partial charge in [-0.2, -0.15) is 9.97 Å². The second-order valence-electron chi connectivity index (χ2n) is 7.45. The molecule has 2 aromatic carbocycles. The molecule has 0 spiro atoms. The molecule has 0 atom stereocenters. The van der Waals surface area contributed by atoms with Crippen LogP contribution in [0.4, 0.5) is 23.3 Å². The standard InChI is InChI=1S/C22H25N7O2/c23-20-19(29(30)31)21(26-22(25-20)24-15-17-7-3-1-4-8-17)28-13-11-27(12-14-28)16-18-9-5-2-6-10-18/h1-10H,11-16H2,(H3,23,24,25,26). The van der Waals surface area contributed by atoms with E-state index in [0.717, 1.165) is 25.2 Å². The zero-order valence-electron chi connectivity index (χ0n) is 17.1. The van der Waals surface area contributed by atoms with Crippen molar-refractivity contribution in [1.29, 1.82) is 0 Å². The number of nitrogens with one attached hydrogen (secondary N) is 1. The Kier molecular flexibility index (Phi) is 6.23. The van der Waals surface area contributed by atoms with Gasteiger partial charge in [0.05, 0.1) is 4.92 Å². The molecule has 31 heavy (non-hydrogen) atoms. The van der Waals surface area contributed by atoms with Crippen LogP contribution < -0.4 is 16.0 Å². The number of hydrogen-bond donors (Lipinski definition) is 2. The lowest BCUT2D eigenvalue weighted by Gasteiger charge is -2.35. The van der Waals surface area contributed by atoms with Gasteiger partial charge in [-0.25, -0.2) is 0 Å². The van der Waals surface area contributed by atoms with E-state index in [4.69, 9.17) is 5.73 Å². The Labute approximate surface area is 180 Å². The van der Waals surface area contributed by atoms with Crippen molar-refractivity contribution >= 4 is 23.3 Å². The minimum absolute atomic E-state index is 0.128. The van der Waals surface area contributed by atoms with Crippen molar-refractivity contribution in [1.82, 2.24) is 14.9 Å². The van der Waals surface area contributed by atoms with Crippen molar-refractivity contribution < 1.29 is 4.92 Å². The molecule has 1 aromatic heterocycles. The topological polar surface area (TPSA) is 113 Å². The van der Waals surface area contributed by atoms with Crippen LogP contribution >= 0.6 is 0 Å². The van der Waals surface area contributed by atoms with Gasteiger partial charge in [-0.15, -0.1) is 0 Å². The molecule has 1 saturated heterocycles. The van der Waals surface area contributed by atoms with Gasteiger partial charge in [0.15, 0.2) is 0 Å². The Balaban J connectivity index is 1.48. The molecular weight excluding hydrogens is 394 g/mol. The van der Waals surface area contributed by atoms with Crippen LogP contribution in [0.5, 0.6) is 0 Å². The molecule has 3 aromatic rings. The largest absolute Gasteiger partial charge is 0.378 e. The van der Waals surface area contributed by atoms with Crippen LogP contribution in [0.3, 0.4) is 0 Å². The minimum Gasteiger partial charge on any atom is -0.378 e. The molecule has 1 fully saturated rings. The fourth-order valence-corrected chi connectivity index (χ4v) is 3.67. The lowest BCUT2D eigenvalue weighted by atomic mass is 10.2. The summed E-state index contributed by atoms with van der Waals surface area (Å²) >= 11 is 0. The molecular formula is C22H25N7O2. The van der Waals surface area contributed by atoms with E-state index in [1.807, 2.05) is 53.4 Å². The fraction of sp³-hybridized carbons (Fsp3) is 0.273. The van der Waals surface area contributed by atoms with Gasteiger partial charge in [0.25, 0.3) is 0 Å². The summed E-state index contributed by atoms with van der Waals surface area (Å²) in [6.07, 6.45) is 0. The normalized spacial score (nSPS) is 14.4. The molecule has 9 heteroatoms. The van der Waals surface area contributed by atoms with Gasteiger partial charge < -0.3 is 16.0 Å². The molecule has 160 valence electrons. The maximum Gasteiger partial charge on any atom is 0.353 e. The van der Waals surface area contributed by atoms with E-state index in [-0.39, 0.29) is 23.3 Å². The van der Waals surface area contributed by atoms with Crippen molar-refractivity contribution in [2.75, 3.05) is 42.1 Å². The van der Waals surface area contributed by atoms with Crippen molar-refractivity contribution in [3.63, 3.8) is 0 Å². The van der Waals surface area contributed by atoms with Crippen LogP contribution in [-0.2, 0) is 13.1 Å². The summed E-state index contributed by atoms with van der Waals surface area (Å²) < 4.78 is 0. The molecule has 3 N–H and O–H groups in total. The number of nitrogens with zero attached hydrogens (tertiary/aromatic N) is 5. The number of nitrogens with two attached hydrogens (primary N) is 1. The predicted molar refractivity (Wildman–Crippen MR) is 121 cm³/mol. The number of nitro groups is 1. The zero-order valence-corrected chi connectivity index (χ0v) is 17.1. The number of hydrogen-bond acceptors (Lipinski definition) is 8. The van der Waals surface area contributed by atoms with Crippen molar-refractivity contribution in [3.8, 4) is 0 Å². The van der Waals surface area contributed by atoms with Gasteiger partial charge in [0, 0.05) is 39.3 Å². The van der Waals surface area contributed by atoms with Gasteiger partial charge in [0.1, 0.15) is 0 Å². The number of benzene rings is 2. The summed E-state index contributed by atoms with van der Waals surface area (Å²) in [5.41, 5.74) is 8.03. The smallest absolute Gasteiger partial charge is 0.353 e. The highest BCUT2D eigenvalue weighted by Crippen LogP contribution is 2.32. The average molecular weight is 419 g/mol. The summed E-state index contributed by atoms with van der Waals surface area (Å²) in [6, 6.07) is 20.1. The van der Waals surface area contributed by atoms with Crippen molar-refractivity contribution in [2.45, 2.75) is 13.1 Å². The molecule has 0 unspecified atom stereocenters. The average Bonchev–Trinajstić information content (AvgIpc) is 2.79. The van der Waals surface area contributed by atoms with Crippen LogP contribution in [0, 0.1) is 10.1 Å². The molecule has 0 radical (unpaired) electrons. The van der Waals surface area contributed by atoms with E-state index in [1.165, 1.54) is 5.56 Å². The number of rotatable bonds is 7. The van der Waals surface area contributed by atoms with Crippen LogP contribution in [-0.4, -0.2) is 46.0 Å². The quantitative estimate of drug-likeness (QED) is 0.444. The molecule has 2 heterocycles. The Morgan fingerprint density at radius 1 is 0.935 bits per heavy atom. The number of aromatic nitrogens is 2. The highest BCUT2D eigenvalue weighted by molar-refractivity contribution is 5.71. The molecule has 0 aliphatic carbocycles. The Hall–Kier alpha value is -3.72. The summed E-state index contributed by atoms with van der Waals surface area (Å²) in [7, 11) is 0. The zero-order chi connectivity index (χ0) is 21.6. The molecule has 0 amide bonds. The van der Waals surface area contributed by atoms with Gasteiger partial charge in [-0.1, -0.05) is 60.7 Å². The van der Waals surface area contributed by atoms with Gasteiger partial charge in [-0.05, 0) is 11.1 Å². The summed E-state index contributed by atoms with van der Waals surface area (Å²) in [5.74, 6) is 0.429. The third-order valence-corrected chi connectivity index (χ3v) is 5.29. The van der Waals surface area contributed by atoms with Gasteiger partial charge in [-0.3, -0.25) is 15.0 Å². The summed E-state index contributed by atoms with van der Waals surface area (Å²) in [6.45, 7) is 4.17. The third-order valence-electron chi connectivity index (χ3n) is 5.29. The van der Waals surface area contributed by atoms with Gasteiger partial charge in [0.2, 0.25) is 17.6 Å². The lowest BCUT2D eigenvalue weighted by Crippen LogP contribution is -2.46. The minimum atomic E-state index is -0.498. The number of anilines is 3. The number of nitrogen functional groups attached to an aromatic ring is 1. The Bertz CT molecular complexity index is 1020. The van der Waals surface area contributed by atoms with Crippen molar-refractivity contribution in [2.24, 2.45) is 0 Å². The number of piperazine rings is 1. The van der Waals surface area contributed by atoms with E-state index in [2.05, 4.69) is 32.3 Å². The molecule has 1 aliphatic rings. The molecule has 0 saturated carbocycles. The highest BCUT2D eigenvalue weighted by Gasteiger charge is 2.29. The first kappa shape index (κ1) is 20.5. The second-order valence-corrected chi connectivity index (χ2v) is 7.45. The lowest BCUT2D eigenvalue weighted by molar-refractivity contribution is -0.383. The van der Waals surface area contributed by atoms with E-state index < -0.39 is 4.92 Å². The van der Waals surface area contributed by atoms with Crippen LogP contribution in [0.15, 0.2) is 60.7 Å².